The van der Waals surface area contributed by atoms with E-state index in [1.165, 1.54) is 0 Å². The Morgan fingerprint density at radius 3 is 2.39 bits per heavy atom. The molecule has 0 spiro atoms. The summed E-state index contributed by atoms with van der Waals surface area (Å²) < 4.78 is 7.37. The van der Waals surface area contributed by atoms with E-state index >= 15 is 0 Å². The highest BCUT2D eigenvalue weighted by Crippen LogP contribution is 2.23. The number of nitrogens with zero attached hydrogens (tertiary/aromatic N) is 4. The molecule has 1 amide bonds. The van der Waals surface area contributed by atoms with Gasteiger partial charge in [-0.3, -0.25) is 14.8 Å². The Morgan fingerprint density at radius 1 is 0.964 bits per heavy atom. The Bertz CT molecular complexity index is 1080. The first-order valence-corrected chi connectivity index (χ1v) is 8.96. The average molecular weight is 373 g/mol. The molecule has 0 atom stereocenters. The van der Waals surface area contributed by atoms with Gasteiger partial charge in [-0.05, 0) is 43.2 Å². The quantitative estimate of drug-likeness (QED) is 0.559. The first-order chi connectivity index (χ1) is 13.6. The van der Waals surface area contributed by atoms with Gasteiger partial charge in [-0.2, -0.15) is 5.10 Å². The van der Waals surface area contributed by atoms with Crippen LogP contribution in [-0.2, 0) is 0 Å². The molecule has 0 bridgehead atoms. The minimum Gasteiger partial charge on any atom is -0.401 e. The van der Waals surface area contributed by atoms with Crippen molar-refractivity contribution in [3.05, 3.63) is 72.4 Å². The van der Waals surface area contributed by atoms with Crippen LogP contribution in [0.2, 0.25) is 0 Å². The van der Waals surface area contributed by atoms with Crippen LogP contribution < -0.4 is 5.32 Å². The lowest BCUT2D eigenvalue weighted by Gasteiger charge is -2.07. The maximum Gasteiger partial charge on any atom is 0.322 e. The molecule has 4 aromatic rings. The molecule has 0 saturated carbocycles. The minimum absolute atomic E-state index is 0.0450. The van der Waals surface area contributed by atoms with Crippen molar-refractivity contribution in [2.24, 2.45) is 0 Å². The van der Waals surface area contributed by atoms with E-state index in [9.17, 15) is 4.79 Å². The fraction of sp³-hybridized carbons (Fsp3) is 0.143. The molecule has 0 aliphatic carbocycles. The predicted octanol–water partition coefficient (Wildman–Crippen LogP) is 4.43. The molecular weight excluding hydrogens is 354 g/mol. The molecule has 0 fully saturated rings. The predicted molar refractivity (Wildman–Crippen MR) is 106 cm³/mol. The van der Waals surface area contributed by atoms with E-state index in [4.69, 9.17) is 4.42 Å². The minimum atomic E-state index is -0.313. The van der Waals surface area contributed by atoms with Crippen LogP contribution in [0.25, 0.3) is 22.7 Å². The third-order valence-electron chi connectivity index (χ3n) is 4.28. The van der Waals surface area contributed by atoms with Crippen molar-refractivity contribution >= 4 is 11.9 Å². The van der Waals surface area contributed by atoms with Crippen LogP contribution in [0.1, 0.15) is 30.2 Å². The third kappa shape index (κ3) is 3.55. The highest BCUT2D eigenvalue weighted by atomic mass is 16.4. The second-order valence-electron chi connectivity index (χ2n) is 6.56. The number of amides is 1. The van der Waals surface area contributed by atoms with Gasteiger partial charge in [0.05, 0.1) is 0 Å². The van der Waals surface area contributed by atoms with Crippen LogP contribution in [0.5, 0.6) is 0 Å². The summed E-state index contributed by atoms with van der Waals surface area (Å²) >= 11 is 0. The normalized spacial score (nSPS) is 11.0. The molecule has 2 aromatic carbocycles. The van der Waals surface area contributed by atoms with Crippen molar-refractivity contribution in [3.8, 4) is 22.7 Å². The number of aromatic nitrogens is 4. The van der Waals surface area contributed by atoms with Gasteiger partial charge in [0.15, 0.2) is 0 Å². The van der Waals surface area contributed by atoms with Gasteiger partial charge >= 0.3 is 6.01 Å². The molecule has 0 radical (unpaired) electrons. The van der Waals surface area contributed by atoms with Gasteiger partial charge < -0.3 is 4.42 Å². The van der Waals surface area contributed by atoms with E-state index in [1.54, 1.807) is 29.1 Å². The van der Waals surface area contributed by atoms with E-state index in [0.29, 0.717) is 17.1 Å². The van der Waals surface area contributed by atoms with Gasteiger partial charge in [0.1, 0.15) is 5.69 Å². The van der Waals surface area contributed by atoms with Crippen molar-refractivity contribution in [2.45, 2.75) is 19.9 Å². The van der Waals surface area contributed by atoms with Gasteiger partial charge in [-0.25, -0.2) is 0 Å². The molecule has 4 rings (SSSR count). The summed E-state index contributed by atoms with van der Waals surface area (Å²) in [4.78, 5) is 12.5. The zero-order chi connectivity index (χ0) is 19.5. The molecule has 28 heavy (non-hydrogen) atoms. The first-order valence-electron chi connectivity index (χ1n) is 8.96. The molecule has 0 unspecified atom stereocenters. The average Bonchev–Trinajstić information content (AvgIpc) is 3.38. The van der Waals surface area contributed by atoms with E-state index in [0.717, 1.165) is 11.1 Å². The third-order valence-corrected chi connectivity index (χ3v) is 4.28. The van der Waals surface area contributed by atoms with Crippen molar-refractivity contribution in [3.63, 3.8) is 0 Å². The molecular formula is C21H19N5O2. The molecule has 2 heterocycles. The highest BCUT2D eigenvalue weighted by Gasteiger charge is 2.17. The van der Waals surface area contributed by atoms with E-state index in [-0.39, 0.29) is 18.0 Å². The van der Waals surface area contributed by atoms with E-state index in [1.807, 2.05) is 56.3 Å². The Hall–Kier alpha value is -3.74. The molecule has 7 heteroatoms. The van der Waals surface area contributed by atoms with Crippen LogP contribution in [0.15, 0.2) is 71.3 Å². The van der Waals surface area contributed by atoms with Crippen molar-refractivity contribution in [1.82, 2.24) is 20.0 Å². The second kappa shape index (κ2) is 7.48. The topological polar surface area (TPSA) is 85.8 Å². The van der Waals surface area contributed by atoms with Crippen LogP contribution in [0.4, 0.5) is 6.01 Å². The van der Waals surface area contributed by atoms with Gasteiger partial charge in [-0.15, -0.1) is 5.10 Å². The van der Waals surface area contributed by atoms with Crippen LogP contribution in [-0.4, -0.2) is 25.9 Å². The van der Waals surface area contributed by atoms with Crippen LogP contribution in [0.3, 0.4) is 0 Å². The number of benzene rings is 2. The number of anilines is 1. The van der Waals surface area contributed by atoms with Crippen molar-refractivity contribution in [1.29, 1.82) is 0 Å². The van der Waals surface area contributed by atoms with Crippen LogP contribution >= 0.6 is 0 Å². The Morgan fingerprint density at radius 2 is 1.68 bits per heavy atom. The lowest BCUT2D eigenvalue weighted by atomic mass is 10.0. The maximum absolute atomic E-state index is 12.5. The molecule has 0 saturated heterocycles. The summed E-state index contributed by atoms with van der Waals surface area (Å²) in [5.74, 6) is -0.00638. The van der Waals surface area contributed by atoms with Gasteiger partial charge in [-0.1, -0.05) is 47.6 Å². The molecule has 2 aromatic heterocycles. The lowest BCUT2D eigenvalue weighted by Crippen LogP contribution is -2.11. The second-order valence-corrected chi connectivity index (χ2v) is 6.56. The fourth-order valence-electron chi connectivity index (χ4n) is 2.89. The maximum atomic E-state index is 12.5. The molecule has 140 valence electrons. The summed E-state index contributed by atoms with van der Waals surface area (Å²) in [6, 6.07) is 19.3. The molecule has 1 N–H and O–H groups in total. The smallest absolute Gasteiger partial charge is 0.322 e. The zero-order valence-electron chi connectivity index (χ0n) is 15.5. The molecule has 0 aliphatic heterocycles. The SMILES string of the molecule is CC(C)n1nccc1-c1nnc(NC(=O)c2ccc(-c3ccccc3)cc2)o1. The summed E-state index contributed by atoms with van der Waals surface area (Å²) in [7, 11) is 0. The molecule has 7 nitrogen and oxygen atoms in total. The Balaban J connectivity index is 1.48. The number of carbonyl (C=O) groups excluding carboxylic acids is 1. The van der Waals surface area contributed by atoms with Crippen LogP contribution in [0, 0.1) is 0 Å². The number of nitrogens with one attached hydrogen (secondary N) is 1. The summed E-state index contributed by atoms with van der Waals surface area (Å²) in [5, 5.41) is 14.8. The van der Waals surface area contributed by atoms with Crippen molar-refractivity contribution in [2.75, 3.05) is 5.32 Å². The van der Waals surface area contributed by atoms with Gasteiger partial charge in [0.2, 0.25) is 0 Å². The standard InChI is InChI=1S/C21H19N5O2/c1-14(2)26-18(12-13-22-26)20-24-25-21(28-20)23-19(27)17-10-8-16(9-11-17)15-6-4-3-5-7-15/h3-14H,1-2H3,(H,23,25,27). The monoisotopic (exact) mass is 373 g/mol. The Labute approximate surface area is 162 Å². The number of hydrogen-bond acceptors (Lipinski definition) is 5. The summed E-state index contributed by atoms with van der Waals surface area (Å²) in [6.45, 7) is 4.02. The van der Waals surface area contributed by atoms with E-state index < -0.39 is 0 Å². The number of hydrogen-bond donors (Lipinski definition) is 1. The summed E-state index contributed by atoms with van der Waals surface area (Å²) in [6.07, 6.45) is 1.67. The Kier molecular flexibility index (Phi) is 4.72. The number of carbonyl (C=O) groups is 1. The lowest BCUT2D eigenvalue weighted by molar-refractivity contribution is 0.102. The van der Waals surface area contributed by atoms with Crippen molar-refractivity contribution < 1.29 is 9.21 Å². The number of rotatable bonds is 5. The van der Waals surface area contributed by atoms with Gasteiger partial charge in [0.25, 0.3) is 11.8 Å². The largest absolute Gasteiger partial charge is 0.401 e. The summed E-state index contributed by atoms with van der Waals surface area (Å²) in [5.41, 5.74) is 3.35. The highest BCUT2D eigenvalue weighted by molar-refractivity contribution is 6.03. The molecule has 0 aliphatic rings. The first kappa shape index (κ1) is 17.7. The van der Waals surface area contributed by atoms with E-state index in [2.05, 4.69) is 20.6 Å². The zero-order valence-corrected chi connectivity index (χ0v) is 15.5. The fourth-order valence-corrected chi connectivity index (χ4v) is 2.89. The van der Waals surface area contributed by atoms with Gasteiger partial charge in [0, 0.05) is 17.8 Å².